The van der Waals surface area contributed by atoms with Gasteiger partial charge in [0.2, 0.25) is 0 Å². The van der Waals surface area contributed by atoms with Crippen molar-refractivity contribution < 1.29 is 23.1 Å². The lowest BCUT2D eigenvalue weighted by Gasteiger charge is -2.13. The highest BCUT2D eigenvalue weighted by Crippen LogP contribution is 2.32. The van der Waals surface area contributed by atoms with Gasteiger partial charge < -0.3 is 14.8 Å². The van der Waals surface area contributed by atoms with Crippen molar-refractivity contribution in [2.24, 2.45) is 0 Å². The van der Waals surface area contributed by atoms with Gasteiger partial charge in [0.15, 0.2) is 11.4 Å². The minimum atomic E-state index is -1.44. The number of hydrogen-bond donors (Lipinski definition) is 2. The van der Waals surface area contributed by atoms with E-state index in [1.54, 1.807) is 19.1 Å². The second-order valence-corrected chi connectivity index (χ2v) is 6.06. The second kappa shape index (κ2) is 5.76. The standard InChI is InChI=1S/C15H9F2IN2O3/c1-6-4-7(18)2-3-9(6)19-12-8(16)5-10-13(11(12)14(21)22)20-15(17)23-10/h2-5,19H,1H3,(H,21,22). The number of anilines is 2. The smallest absolute Gasteiger partial charge is 0.382 e. The molecule has 0 fully saturated rings. The van der Waals surface area contributed by atoms with E-state index < -0.39 is 23.5 Å². The molecule has 0 saturated heterocycles. The highest BCUT2D eigenvalue weighted by atomic mass is 127. The van der Waals surface area contributed by atoms with Crippen LogP contribution in [0.2, 0.25) is 0 Å². The molecule has 0 spiro atoms. The summed E-state index contributed by atoms with van der Waals surface area (Å²) in [6.45, 7) is 1.80. The highest BCUT2D eigenvalue weighted by Gasteiger charge is 2.24. The van der Waals surface area contributed by atoms with Gasteiger partial charge in [0.25, 0.3) is 0 Å². The molecule has 1 aromatic heterocycles. The van der Waals surface area contributed by atoms with Gasteiger partial charge in [0.1, 0.15) is 11.1 Å². The van der Waals surface area contributed by atoms with Crippen molar-refractivity contribution in [1.82, 2.24) is 4.98 Å². The van der Waals surface area contributed by atoms with Crippen LogP contribution in [0.3, 0.4) is 0 Å². The van der Waals surface area contributed by atoms with E-state index in [0.29, 0.717) is 5.69 Å². The average molecular weight is 430 g/mol. The number of aromatic carboxylic acids is 1. The highest BCUT2D eigenvalue weighted by molar-refractivity contribution is 14.1. The molecule has 0 radical (unpaired) electrons. The normalized spacial score (nSPS) is 11.0. The van der Waals surface area contributed by atoms with Crippen molar-refractivity contribution in [2.75, 3.05) is 5.32 Å². The zero-order valence-electron chi connectivity index (χ0n) is 11.7. The summed E-state index contributed by atoms with van der Waals surface area (Å²) < 4.78 is 33.0. The Hall–Kier alpha value is -2.23. The molecule has 5 nitrogen and oxygen atoms in total. The first kappa shape index (κ1) is 15.7. The fourth-order valence-corrected chi connectivity index (χ4v) is 2.89. The van der Waals surface area contributed by atoms with Crippen molar-refractivity contribution in [3.63, 3.8) is 0 Å². The number of carbonyl (C=O) groups is 1. The number of hydrogen-bond acceptors (Lipinski definition) is 4. The fraction of sp³-hybridized carbons (Fsp3) is 0.0667. The summed E-state index contributed by atoms with van der Waals surface area (Å²) in [6.07, 6.45) is -1.22. The third-order valence-corrected chi connectivity index (χ3v) is 3.94. The molecule has 1 heterocycles. The van der Waals surface area contributed by atoms with E-state index in [1.165, 1.54) is 0 Å². The van der Waals surface area contributed by atoms with Crippen LogP contribution in [-0.4, -0.2) is 16.1 Å². The van der Waals surface area contributed by atoms with Crippen LogP contribution in [0.1, 0.15) is 15.9 Å². The van der Waals surface area contributed by atoms with Gasteiger partial charge in [-0.05, 0) is 53.3 Å². The number of carboxylic acid groups (broad SMARTS) is 1. The quantitative estimate of drug-likeness (QED) is 0.601. The second-order valence-electron chi connectivity index (χ2n) is 4.81. The largest absolute Gasteiger partial charge is 0.478 e. The van der Waals surface area contributed by atoms with Crippen molar-refractivity contribution in [3.8, 4) is 0 Å². The van der Waals surface area contributed by atoms with E-state index >= 15 is 0 Å². The van der Waals surface area contributed by atoms with Gasteiger partial charge in [-0.15, -0.1) is 4.39 Å². The number of halogens is 3. The first-order chi connectivity index (χ1) is 10.9. The number of nitrogens with one attached hydrogen (secondary N) is 1. The van der Waals surface area contributed by atoms with Crippen molar-refractivity contribution in [1.29, 1.82) is 0 Å². The maximum Gasteiger partial charge on any atom is 0.382 e. The van der Waals surface area contributed by atoms with Crippen LogP contribution < -0.4 is 5.32 Å². The average Bonchev–Trinajstić information content (AvgIpc) is 2.81. The summed E-state index contributed by atoms with van der Waals surface area (Å²) in [5.74, 6) is -2.31. The molecule has 2 N–H and O–H groups in total. The molecular formula is C15H9F2IN2O3. The first-order valence-corrected chi connectivity index (χ1v) is 7.49. The lowest BCUT2D eigenvalue weighted by molar-refractivity contribution is 0.0699. The summed E-state index contributed by atoms with van der Waals surface area (Å²) in [4.78, 5) is 14.9. The molecular weight excluding hydrogens is 421 g/mol. The molecule has 2 aromatic carbocycles. The fourth-order valence-electron chi connectivity index (χ4n) is 2.24. The summed E-state index contributed by atoms with van der Waals surface area (Å²) in [6, 6.07) is 6.26. The van der Waals surface area contributed by atoms with E-state index in [1.807, 2.05) is 6.07 Å². The van der Waals surface area contributed by atoms with Gasteiger partial charge in [-0.25, -0.2) is 9.18 Å². The van der Waals surface area contributed by atoms with Crippen LogP contribution >= 0.6 is 22.6 Å². The van der Waals surface area contributed by atoms with Gasteiger partial charge in [-0.2, -0.15) is 4.98 Å². The molecule has 0 unspecified atom stereocenters. The van der Waals surface area contributed by atoms with Crippen LogP contribution in [0.15, 0.2) is 28.7 Å². The van der Waals surface area contributed by atoms with Crippen molar-refractivity contribution in [3.05, 3.63) is 50.9 Å². The molecule has 8 heteroatoms. The molecule has 0 aliphatic rings. The molecule has 3 aromatic rings. The molecule has 23 heavy (non-hydrogen) atoms. The number of aryl methyl sites for hydroxylation is 1. The number of nitrogens with zero attached hydrogens (tertiary/aromatic N) is 1. The molecule has 118 valence electrons. The predicted molar refractivity (Wildman–Crippen MR) is 88.1 cm³/mol. The number of rotatable bonds is 3. The maximum absolute atomic E-state index is 14.3. The topological polar surface area (TPSA) is 75.4 Å². The van der Waals surface area contributed by atoms with E-state index in [-0.39, 0.29) is 16.8 Å². The van der Waals surface area contributed by atoms with Gasteiger partial charge in [0, 0.05) is 15.3 Å². The van der Waals surface area contributed by atoms with Crippen LogP contribution in [0, 0.1) is 22.5 Å². The van der Waals surface area contributed by atoms with Crippen LogP contribution in [0.25, 0.3) is 11.1 Å². The van der Waals surface area contributed by atoms with E-state index in [4.69, 9.17) is 0 Å². The summed E-state index contributed by atoms with van der Waals surface area (Å²) in [5, 5.41) is 12.1. The molecule has 0 atom stereocenters. The Balaban J connectivity index is 2.21. The summed E-state index contributed by atoms with van der Waals surface area (Å²) in [5.41, 5.74) is 0.0618. The van der Waals surface area contributed by atoms with Crippen LogP contribution in [0.5, 0.6) is 0 Å². The Morgan fingerprint density at radius 2 is 2.09 bits per heavy atom. The van der Waals surface area contributed by atoms with Crippen LogP contribution in [0.4, 0.5) is 20.2 Å². The number of oxazole rings is 1. The Bertz CT molecular complexity index is 940. The minimum absolute atomic E-state index is 0.248. The first-order valence-electron chi connectivity index (χ1n) is 6.42. The molecule has 0 amide bonds. The van der Waals surface area contributed by atoms with Gasteiger partial charge in [-0.1, -0.05) is 0 Å². The maximum atomic E-state index is 14.3. The third-order valence-electron chi connectivity index (χ3n) is 3.27. The third kappa shape index (κ3) is 2.85. The summed E-state index contributed by atoms with van der Waals surface area (Å²) >= 11 is 2.13. The predicted octanol–water partition coefficient (Wildman–Crippen LogP) is 4.46. The zero-order chi connectivity index (χ0) is 16.7. The zero-order valence-corrected chi connectivity index (χ0v) is 13.8. The lowest BCUT2D eigenvalue weighted by atomic mass is 10.1. The Morgan fingerprint density at radius 1 is 1.35 bits per heavy atom. The summed E-state index contributed by atoms with van der Waals surface area (Å²) in [7, 11) is 0. The Labute approximate surface area is 142 Å². The lowest BCUT2D eigenvalue weighted by Crippen LogP contribution is -2.07. The van der Waals surface area contributed by atoms with Gasteiger partial charge in [0.05, 0.1) is 5.69 Å². The number of carboxylic acids is 1. The number of fused-ring (bicyclic) bond motifs is 1. The van der Waals surface area contributed by atoms with E-state index in [0.717, 1.165) is 15.2 Å². The van der Waals surface area contributed by atoms with E-state index in [9.17, 15) is 18.7 Å². The van der Waals surface area contributed by atoms with Crippen LogP contribution in [-0.2, 0) is 0 Å². The SMILES string of the molecule is Cc1cc(I)ccc1Nc1c(F)cc2oc(F)nc2c1C(=O)O. The van der Waals surface area contributed by atoms with Crippen molar-refractivity contribution in [2.45, 2.75) is 6.92 Å². The number of benzene rings is 2. The van der Waals surface area contributed by atoms with Crippen molar-refractivity contribution >= 4 is 51.0 Å². The minimum Gasteiger partial charge on any atom is -0.478 e. The Morgan fingerprint density at radius 3 is 2.74 bits per heavy atom. The molecule has 0 bridgehead atoms. The van der Waals surface area contributed by atoms with Gasteiger partial charge >= 0.3 is 12.1 Å². The molecule has 0 aliphatic carbocycles. The van der Waals surface area contributed by atoms with Gasteiger partial charge in [-0.3, -0.25) is 0 Å². The molecule has 3 rings (SSSR count). The number of aromatic nitrogens is 1. The monoisotopic (exact) mass is 430 g/mol. The molecule has 0 saturated carbocycles. The molecule has 0 aliphatic heterocycles. The Kier molecular flexibility index (Phi) is 3.92. The van der Waals surface area contributed by atoms with E-state index in [2.05, 4.69) is 37.3 Å².